The van der Waals surface area contributed by atoms with Crippen molar-refractivity contribution in [3.05, 3.63) is 70.8 Å². The summed E-state index contributed by atoms with van der Waals surface area (Å²) in [5.41, 5.74) is 3.22. The van der Waals surface area contributed by atoms with Crippen molar-refractivity contribution >= 4 is 17.8 Å². The molecule has 1 aliphatic rings. The van der Waals surface area contributed by atoms with Crippen molar-refractivity contribution in [1.82, 2.24) is 10.6 Å². The smallest absolute Gasteiger partial charge is 0.336 e. The lowest BCUT2D eigenvalue weighted by Crippen LogP contribution is -2.42. The third kappa shape index (κ3) is 4.73. The van der Waals surface area contributed by atoms with Crippen LogP contribution < -0.4 is 10.6 Å². The van der Waals surface area contributed by atoms with Crippen LogP contribution in [0.2, 0.25) is 0 Å². The molecular formula is C21H22N2O4. The van der Waals surface area contributed by atoms with Crippen molar-refractivity contribution in [2.24, 2.45) is 5.92 Å². The number of carbonyl (C=O) groups excluding carboxylic acids is 2. The molecule has 0 aliphatic heterocycles. The highest BCUT2D eigenvalue weighted by Gasteiger charge is 2.21. The van der Waals surface area contributed by atoms with Crippen LogP contribution in [-0.2, 0) is 29.0 Å². The number of carboxylic acids is 1. The van der Waals surface area contributed by atoms with E-state index in [1.54, 1.807) is 18.2 Å². The van der Waals surface area contributed by atoms with Crippen LogP contribution in [0.4, 0.5) is 0 Å². The number of nitrogens with one attached hydrogen (secondary N) is 2. The summed E-state index contributed by atoms with van der Waals surface area (Å²) in [6.07, 6.45) is 2.85. The lowest BCUT2D eigenvalue weighted by molar-refractivity contribution is -0.139. The van der Waals surface area contributed by atoms with E-state index in [0.717, 1.165) is 19.3 Å². The van der Waals surface area contributed by atoms with E-state index in [9.17, 15) is 14.4 Å². The zero-order valence-electron chi connectivity index (χ0n) is 14.9. The minimum absolute atomic E-state index is 0.00840. The van der Waals surface area contributed by atoms with E-state index in [4.69, 9.17) is 5.11 Å². The first-order valence-electron chi connectivity index (χ1n) is 8.98. The highest BCUT2D eigenvalue weighted by atomic mass is 16.4. The minimum atomic E-state index is -1.07. The van der Waals surface area contributed by atoms with Crippen LogP contribution in [0.15, 0.2) is 48.5 Å². The lowest BCUT2D eigenvalue weighted by atomic mass is 9.84. The molecule has 0 heterocycles. The van der Waals surface area contributed by atoms with E-state index in [-0.39, 0.29) is 12.1 Å². The monoisotopic (exact) mass is 366 g/mol. The van der Waals surface area contributed by atoms with Gasteiger partial charge >= 0.3 is 17.8 Å². The summed E-state index contributed by atoms with van der Waals surface area (Å²) < 4.78 is 0. The van der Waals surface area contributed by atoms with Crippen LogP contribution in [0.1, 0.15) is 33.5 Å². The Hall–Kier alpha value is -3.15. The predicted molar refractivity (Wildman–Crippen MR) is 100 cm³/mol. The van der Waals surface area contributed by atoms with Crippen LogP contribution in [0.3, 0.4) is 0 Å². The summed E-state index contributed by atoms with van der Waals surface area (Å²) in [7, 11) is 0. The molecule has 2 aromatic rings. The molecule has 0 spiro atoms. The highest BCUT2D eigenvalue weighted by molar-refractivity contribution is 6.35. The van der Waals surface area contributed by atoms with Gasteiger partial charge in [0.05, 0.1) is 5.56 Å². The molecule has 27 heavy (non-hydrogen) atoms. The standard InChI is InChI=1S/C21H22N2O4/c24-19(20(25)23-13-17-7-3-4-8-18(17)21(26)27)22-12-14-9-10-15-5-1-2-6-16(15)11-14/h1-8,14H,9-13H2,(H,22,24)(H,23,25)(H,26,27). The van der Waals surface area contributed by atoms with E-state index in [2.05, 4.69) is 22.8 Å². The van der Waals surface area contributed by atoms with E-state index < -0.39 is 17.8 Å². The Balaban J connectivity index is 1.48. The Bertz CT molecular complexity index is 863. The summed E-state index contributed by atoms with van der Waals surface area (Å²) in [6.45, 7) is 0.442. The van der Waals surface area contributed by atoms with Crippen LogP contribution in [-0.4, -0.2) is 29.4 Å². The van der Waals surface area contributed by atoms with Gasteiger partial charge in [-0.2, -0.15) is 0 Å². The van der Waals surface area contributed by atoms with Gasteiger partial charge in [0.25, 0.3) is 0 Å². The highest BCUT2D eigenvalue weighted by Crippen LogP contribution is 2.24. The molecular weight excluding hydrogens is 344 g/mol. The maximum Gasteiger partial charge on any atom is 0.336 e. The molecule has 0 fully saturated rings. The number of benzene rings is 2. The molecule has 0 saturated carbocycles. The number of hydrogen-bond donors (Lipinski definition) is 3. The van der Waals surface area contributed by atoms with E-state index >= 15 is 0 Å². The van der Waals surface area contributed by atoms with E-state index in [1.807, 2.05) is 12.1 Å². The average molecular weight is 366 g/mol. The molecule has 0 aromatic heterocycles. The fourth-order valence-electron chi connectivity index (χ4n) is 3.40. The fourth-order valence-corrected chi connectivity index (χ4v) is 3.40. The summed E-state index contributed by atoms with van der Waals surface area (Å²) >= 11 is 0. The number of amides is 2. The number of hydrogen-bond acceptors (Lipinski definition) is 3. The van der Waals surface area contributed by atoms with Gasteiger partial charge in [0.1, 0.15) is 0 Å². The molecule has 140 valence electrons. The maximum absolute atomic E-state index is 12.0. The van der Waals surface area contributed by atoms with Crippen LogP contribution in [0.5, 0.6) is 0 Å². The van der Waals surface area contributed by atoms with Crippen molar-refractivity contribution in [2.45, 2.75) is 25.8 Å². The van der Waals surface area contributed by atoms with Gasteiger partial charge in [-0.1, -0.05) is 42.5 Å². The van der Waals surface area contributed by atoms with Crippen molar-refractivity contribution < 1.29 is 19.5 Å². The third-order valence-corrected chi connectivity index (χ3v) is 4.89. The summed E-state index contributed by atoms with van der Waals surface area (Å²) in [5.74, 6) is -2.21. The molecule has 0 saturated heterocycles. The first kappa shape index (κ1) is 18.6. The molecule has 0 bridgehead atoms. The number of aromatic carboxylic acids is 1. The second-order valence-electron chi connectivity index (χ2n) is 6.73. The van der Waals surface area contributed by atoms with Crippen LogP contribution >= 0.6 is 0 Å². The Morgan fingerprint density at radius 3 is 2.37 bits per heavy atom. The SMILES string of the molecule is O=C(NCc1ccccc1C(=O)O)C(=O)NCC1CCc2ccccc2C1. The number of carbonyl (C=O) groups is 3. The first-order chi connectivity index (χ1) is 13.0. The second kappa shape index (κ2) is 8.49. The molecule has 2 amide bonds. The molecule has 3 N–H and O–H groups in total. The molecule has 1 aliphatic carbocycles. The van der Waals surface area contributed by atoms with Gasteiger partial charge in [-0.15, -0.1) is 0 Å². The fraction of sp³-hybridized carbons (Fsp3) is 0.286. The Labute approximate surface area is 157 Å². The zero-order valence-corrected chi connectivity index (χ0v) is 14.9. The Kier molecular flexibility index (Phi) is 5.86. The Morgan fingerprint density at radius 2 is 1.59 bits per heavy atom. The van der Waals surface area contributed by atoms with Gasteiger partial charge in [-0.05, 0) is 47.9 Å². The number of aryl methyl sites for hydroxylation is 1. The van der Waals surface area contributed by atoms with Gasteiger partial charge in [0.2, 0.25) is 0 Å². The normalized spacial score (nSPS) is 15.5. The molecule has 2 aromatic carbocycles. The molecule has 3 rings (SSSR count). The number of fused-ring (bicyclic) bond motifs is 1. The van der Waals surface area contributed by atoms with Gasteiger partial charge in [0.15, 0.2) is 0 Å². The van der Waals surface area contributed by atoms with Gasteiger partial charge < -0.3 is 15.7 Å². The lowest BCUT2D eigenvalue weighted by Gasteiger charge is -2.24. The van der Waals surface area contributed by atoms with Crippen molar-refractivity contribution in [3.8, 4) is 0 Å². The quantitative estimate of drug-likeness (QED) is 0.705. The average Bonchev–Trinajstić information content (AvgIpc) is 2.70. The molecule has 0 radical (unpaired) electrons. The van der Waals surface area contributed by atoms with Crippen molar-refractivity contribution in [3.63, 3.8) is 0 Å². The first-order valence-corrected chi connectivity index (χ1v) is 8.98. The molecule has 1 atom stereocenters. The summed E-state index contributed by atoms with van der Waals surface area (Å²) in [4.78, 5) is 35.2. The van der Waals surface area contributed by atoms with E-state index in [1.165, 1.54) is 17.2 Å². The van der Waals surface area contributed by atoms with Crippen molar-refractivity contribution in [1.29, 1.82) is 0 Å². The predicted octanol–water partition coefficient (Wildman–Crippen LogP) is 1.92. The summed E-state index contributed by atoms with van der Waals surface area (Å²) in [5, 5.41) is 14.3. The Morgan fingerprint density at radius 1 is 0.926 bits per heavy atom. The minimum Gasteiger partial charge on any atom is -0.478 e. The second-order valence-corrected chi connectivity index (χ2v) is 6.73. The molecule has 6 heteroatoms. The van der Waals surface area contributed by atoms with Crippen LogP contribution in [0, 0.1) is 5.92 Å². The largest absolute Gasteiger partial charge is 0.478 e. The van der Waals surface area contributed by atoms with Crippen LogP contribution in [0.25, 0.3) is 0 Å². The topological polar surface area (TPSA) is 95.5 Å². The van der Waals surface area contributed by atoms with Gasteiger partial charge in [0, 0.05) is 13.1 Å². The molecule has 6 nitrogen and oxygen atoms in total. The third-order valence-electron chi connectivity index (χ3n) is 4.89. The number of carboxylic acid groups (broad SMARTS) is 1. The van der Waals surface area contributed by atoms with Gasteiger partial charge in [-0.3, -0.25) is 9.59 Å². The summed E-state index contributed by atoms with van der Waals surface area (Å²) in [6, 6.07) is 14.7. The maximum atomic E-state index is 12.0. The van der Waals surface area contributed by atoms with Crippen molar-refractivity contribution in [2.75, 3.05) is 6.54 Å². The van der Waals surface area contributed by atoms with E-state index in [0.29, 0.717) is 18.0 Å². The molecule has 1 unspecified atom stereocenters. The van der Waals surface area contributed by atoms with Gasteiger partial charge in [-0.25, -0.2) is 4.79 Å². The zero-order chi connectivity index (χ0) is 19.2. The number of rotatable bonds is 5.